The Morgan fingerprint density at radius 1 is 1.25 bits per heavy atom. The van der Waals surface area contributed by atoms with E-state index in [2.05, 4.69) is 20.9 Å². The van der Waals surface area contributed by atoms with Gasteiger partial charge < -0.3 is 10.6 Å². The van der Waals surface area contributed by atoms with Crippen LogP contribution in [0.3, 0.4) is 0 Å². The largest absolute Gasteiger partial charge is 0.383 e. The Morgan fingerprint density at radius 2 is 1.96 bits per heavy atom. The second kappa shape index (κ2) is 10.5. The van der Waals surface area contributed by atoms with E-state index >= 15 is 0 Å². The molecule has 0 aliphatic rings. The standard InChI is InChI=1S/C19H25BrN4O3S/c1-3-5-11-23(15(25)12-28-14-9-7-6-8-13(14)20)16-17(21)24(10-4-2)19(27)22-18(16)26/h6-9H,3-5,10-12,21H2,1-2H3,(H,22,26,27). The number of aromatic amines is 1. The van der Waals surface area contributed by atoms with Crippen molar-refractivity contribution < 1.29 is 4.79 Å². The molecule has 2 aromatic rings. The SMILES string of the molecule is CCCCN(C(=O)CSc1ccccc1Br)c1c(N)n(CCC)c(=O)[nH]c1=O. The van der Waals surface area contributed by atoms with Crippen LogP contribution in [0, 0.1) is 0 Å². The molecule has 0 saturated heterocycles. The Balaban J connectivity index is 2.36. The molecule has 28 heavy (non-hydrogen) atoms. The van der Waals surface area contributed by atoms with Gasteiger partial charge in [-0.1, -0.05) is 32.4 Å². The van der Waals surface area contributed by atoms with Crippen LogP contribution >= 0.6 is 27.7 Å². The van der Waals surface area contributed by atoms with Crippen molar-refractivity contribution >= 4 is 45.1 Å². The maximum absolute atomic E-state index is 13.0. The third-order valence-electron chi connectivity index (χ3n) is 4.16. The number of rotatable bonds is 9. The Kier molecular flexibility index (Phi) is 8.37. The van der Waals surface area contributed by atoms with Gasteiger partial charge in [0, 0.05) is 22.5 Å². The number of amides is 1. The van der Waals surface area contributed by atoms with Gasteiger partial charge in [-0.15, -0.1) is 11.8 Å². The van der Waals surface area contributed by atoms with Gasteiger partial charge in [-0.2, -0.15) is 0 Å². The minimum Gasteiger partial charge on any atom is -0.383 e. The van der Waals surface area contributed by atoms with Gasteiger partial charge in [0.25, 0.3) is 5.56 Å². The average Bonchev–Trinajstić information content (AvgIpc) is 2.66. The van der Waals surface area contributed by atoms with E-state index in [4.69, 9.17) is 5.73 Å². The molecule has 1 amide bonds. The minimum absolute atomic E-state index is 0.0333. The first-order valence-electron chi connectivity index (χ1n) is 9.20. The maximum atomic E-state index is 13.0. The molecule has 0 aliphatic carbocycles. The number of aromatic nitrogens is 2. The molecule has 9 heteroatoms. The number of hydrogen-bond acceptors (Lipinski definition) is 5. The molecular formula is C19H25BrN4O3S. The van der Waals surface area contributed by atoms with E-state index in [0.717, 1.165) is 22.2 Å². The van der Waals surface area contributed by atoms with Crippen LogP contribution in [0.1, 0.15) is 33.1 Å². The van der Waals surface area contributed by atoms with E-state index in [1.165, 1.54) is 21.2 Å². The molecule has 152 valence electrons. The van der Waals surface area contributed by atoms with Gasteiger partial charge in [-0.3, -0.25) is 19.1 Å². The summed E-state index contributed by atoms with van der Waals surface area (Å²) in [6, 6.07) is 7.63. The molecule has 0 unspecified atom stereocenters. The number of thioether (sulfide) groups is 1. The lowest BCUT2D eigenvalue weighted by Gasteiger charge is -2.24. The highest BCUT2D eigenvalue weighted by Crippen LogP contribution is 2.28. The highest BCUT2D eigenvalue weighted by atomic mass is 79.9. The lowest BCUT2D eigenvalue weighted by molar-refractivity contribution is -0.116. The summed E-state index contributed by atoms with van der Waals surface area (Å²) in [4.78, 5) is 42.2. The second-order valence-corrected chi connectivity index (χ2v) is 8.13. The Morgan fingerprint density at radius 3 is 2.61 bits per heavy atom. The average molecular weight is 469 g/mol. The molecule has 0 saturated carbocycles. The summed E-state index contributed by atoms with van der Waals surface area (Å²) in [5.74, 6) is -0.0444. The zero-order chi connectivity index (χ0) is 20.7. The number of nitrogen functional groups attached to an aromatic ring is 1. The quantitative estimate of drug-likeness (QED) is 0.550. The highest BCUT2D eigenvalue weighted by Gasteiger charge is 2.24. The van der Waals surface area contributed by atoms with E-state index in [1.54, 1.807) is 0 Å². The minimum atomic E-state index is -0.634. The molecule has 0 aliphatic heterocycles. The van der Waals surface area contributed by atoms with Crippen LogP contribution in [0.25, 0.3) is 0 Å². The first-order valence-corrected chi connectivity index (χ1v) is 11.0. The molecule has 3 N–H and O–H groups in total. The molecule has 0 spiro atoms. The number of carbonyl (C=O) groups is 1. The lowest BCUT2D eigenvalue weighted by Crippen LogP contribution is -2.42. The summed E-state index contributed by atoms with van der Waals surface area (Å²) in [5, 5.41) is 0. The van der Waals surface area contributed by atoms with E-state index in [-0.39, 0.29) is 23.2 Å². The molecule has 1 aromatic carbocycles. The van der Waals surface area contributed by atoms with Gasteiger partial charge in [-0.05, 0) is 40.9 Å². The van der Waals surface area contributed by atoms with Crippen molar-refractivity contribution in [2.24, 2.45) is 0 Å². The second-order valence-electron chi connectivity index (χ2n) is 6.26. The molecule has 0 fully saturated rings. The molecular weight excluding hydrogens is 444 g/mol. The van der Waals surface area contributed by atoms with E-state index in [1.807, 2.05) is 38.1 Å². The van der Waals surface area contributed by atoms with Crippen LogP contribution in [0.5, 0.6) is 0 Å². The zero-order valence-corrected chi connectivity index (χ0v) is 18.4. The Labute approximate surface area is 176 Å². The number of unbranched alkanes of at least 4 members (excludes halogenated alkanes) is 1. The summed E-state index contributed by atoms with van der Waals surface area (Å²) < 4.78 is 2.21. The van der Waals surface area contributed by atoms with Crippen molar-refractivity contribution in [2.75, 3.05) is 22.9 Å². The number of anilines is 2. The number of benzene rings is 1. The first kappa shape index (κ1) is 22.3. The predicted octanol–water partition coefficient (Wildman–Crippen LogP) is 3.22. The van der Waals surface area contributed by atoms with Gasteiger partial charge in [0.2, 0.25) is 5.91 Å². The third-order valence-corrected chi connectivity index (χ3v) is 6.17. The molecule has 0 bridgehead atoms. The van der Waals surface area contributed by atoms with Crippen LogP contribution in [-0.2, 0) is 11.3 Å². The Hall–Kier alpha value is -2.00. The smallest absolute Gasteiger partial charge is 0.330 e. The predicted molar refractivity (Wildman–Crippen MR) is 118 cm³/mol. The number of carbonyl (C=O) groups excluding carboxylic acids is 1. The van der Waals surface area contributed by atoms with Crippen molar-refractivity contribution in [1.29, 1.82) is 0 Å². The first-order chi connectivity index (χ1) is 13.4. The van der Waals surface area contributed by atoms with Gasteiger partial charge in [0.15, 0.2) is 5.69 Å². The number of H-pyrrole nitrogens is 1. The summed E-state index contributed by atoms with van der Waals surface area (Å²) in [5.41, 5.74) is 5.01. The van der Waals surface area contributed by atoms with Gasteiger partial charge >= 0.3 is 5.69 Å². The van der Waals surface area contributed by atoms with Crippen LogP contribution in [0.4, 0.5) is 11.5 Å². The van der Waals surface area contributed by atoms with Crippen LogP contribution in [-0.4, -0.2) is 27.8 Å². The van der Waals surface area contributed by atoms with Gasteiger partial charge in [0.05, 0.1) is 5.75 Å². The molecule has 1 heterocycles. The summed E-state index contributed by atoms with van der Waals surface area (Å²) in [7, 11) is 0. The van der Waals surface area contributed by atoms with Gasteiger partial charge in [-0.25, -0.2) is 4.79 Å². The number of nitrogens with zero attached hydrogens (tertiary/aromatic N) is 2. The maximum Gasteiger partial charge on any atom is 0.330 e. The summed E-state index contributed by atoms with van der Waals surface area (Å²) >= 11 is 4.85. The Bertz CT molecular complexity index is 942. The van der Waals surface area contributed by atoms with Crippen molar-refractivity contribution in [3.05, 3.63) is 49.6 Å². The fourth-order valence-electron chi connectivity index (χ4n) is 2.74. The van der Waals surface area contributed by atoms with Crippen LogP contribution in [0.2, 0.25) is 0 Å². The molecule has 0 atom stereocenters. The van der Waals surface area contributed by atoms with E-state index in [9.17, 15) is 14.4 Å². The monoisotopic (exact) mass is 468 g/mol. The molecule has 7 nitrogen and oxygen atoms in total. The fourth-order valence-corrected chi connectivity index (χ4v) is 4.18. The summed E-state index contributed by atoms with van der Waals surface area (Å²) in [6.07, 6.45) is 2.25. The number of nitrogens with two attached hydrogens (primary N) is 1. The van der Waals surface area contributed by atoms with Crippen LogP contribution < -0.4 is 21.9 Å². The van der Waals surface area contributed by atoms with Crippen molar-refractivity contribution in [1.82, 2.24) is 9.55 Å². The van der Waals surface area contributed by atoms with E-state index < -0.39 is 11.2 Å². The van der Waals surface area contributed by atoms with E-state index in [0.29, 0.717) is 19.5 Å². The number of halogens is 1. The number of hydrogen-bond donors (Lipinski definition) is 2. The van der Waals surface area contributed by atoms with Crippen molar-refractivity contribution in [2.45, 2.75) is 44.6 Å². The summed E-state index contributed by atoms with van der Waals surface area (Å²) in [6.45, 7) is 4.65. The topological polar surface area (TPSA) is 101 Å². The fraction of sp³-hybridized carbons (Fsp3) is 0.421. The van der Waals surface area contributed by atoms with Gasteiger partial charge in [0.1, 0.15) is 5.82 Å². The molecule has 0 radical (unpaired) electrons. The normalized spacial score (nSPS) is 10.8. The zero-order valence-electron chi connectivity index (χ0n) is 16.0. The molecule has 2 rings (SSSR count). The lowest BCUT2D eigenvalue weighted by atomic mass is 10.2. The van der Waals surface area contributed by atoms with Crippen molar-refractivity contribution in [3.63, 3.8) is 0 Å². The molecule has 1 aromatic heterocycles. The number of nitrogens with one attached hydrogen (secondary N) is 1. The third kappa shape index (κ3) is 5.29. The van der Waals surface area contributed by atoms with Crippen molar-refractivity contribution in [3.8, 4) is 0 Å². The van der Waals surface area contributed by atoms with Crippen LogP contribution in [0.15, 0.2) is 43.2 Å². The highest BCUT2D eigenvalue weighted by molar-refractivity contribution is 9.10.